The summed E-state index contributed by atoms with van der Waals surface area (Å²) in [4.78, 5) is 155. The van der Waals surface area contributed by atoms with Crippen LogP contribution in [0.25, 0.3) is 67.1 Å². The Labute approximate surface area is 858 Å². The highest BCUT2D eigenvalue weighted by Crippen LogP contribution is 2.52. The van der Waals surface area contributed by atoms with Gasteiger partial charge in [0, 0.05) is 153 Å². The molecule has 8 N–H and O–H groups in total. The number of hydrogen-bond acceptors (Lipinski definition) is 33. The highest BCUT2D eigenvalue weighted by atomic mass is 32.2. The molecule has 0 aromatic heterocycles. The summed E-state index contributed by atoms with van der Waals surface area (Å²) in [5.41, 5.74) is 6.82. The van der Waals surface area contributed by atoms with Crippen LogP contribution in [-0.2, 0) is 101 Å². The molecule has 0 saturated carbocycles. The van der Waals surface area contributed by atoms with E-state index < -0.39 is 104 Å². The Balaban J connectivity index is 0.000000282. The molecule has 0 bridgehead atoms. The second-order valence-electron chi connectivity index (χ2n) is 35.2. The molecule has 40 nitrogen and oxygen atoms in total. The molecule has 0 radical (unpaired) electrons. The Morgan fingerprint density at radius 3 is 1.64 bits per heavy atom. The van der Waals surface area contributed by atoms with Crippen molar-refractivity contribution in [2.24, 2.45) is 0 Å². The number of nitrogens with zero attached hydrogens (tertiary/aromatic N) is 6. The van der Waals surface area contributed by atoms with E-state index in [1.807, 2.05) is 106 Å². The van der Waals surface area contributed by atoms with Gasteiger partial charge in [0.25, 0.3) is 0 Å². The van der Waals surface area contributed by atoms with Crippen LogP contribution in [-0.4, -0.2) is 275 Å². The number of anilines is 1. The summed E-state index contributed by atoms with van der Waals surface area (Å²) in [6.07, 6.45) is 16.7. The number of fused-ring (bicyclic) bond motifs is 8. The maximum absolute atomic E-state index is 12.4. The minimum atomic E-state index is -5.19. The molecule has 149 heavy (non-hydrogen) atoms. The van der Waals surface area contributed by atoms with Gasteiger partial charge in [-0.15, -0.1) is 0 Å². The second kappa shape index (κ2) is 54.4. The number of phenols is 1. The number of methoxy groups -OCH3 is 1. The number of unbranched alkanes of at least 4 members (excludes halogenated alkanes) is 2. The molecule has 43 heteroatoms. The van der Waals surface area contributed by atoms with Crippen molar-refractivity contribution in [1.82, 2.24) is 19.6 Å². The van der Waals surface area contributed by atoms with Crippen LogP contribution >= 0.6 is 0 Å². The standard InChI is InChI=1S/C42H46N2O11S3.C26H26O9.C21H12O6.C14H28N4O4.2CO2.CH4/c1-7-43-33-19-17-29-26(2)22-27(56(47,48)49)23-31(29)39(33)41(3,4)36(43)14-10-8-11-15-37-42(5,6)40-32-24-28(57(50,51)52)25-35(58(53,54)55)30(32)18-20-34(40)44(37)21-13-9-12-16-38(45)46;1-34-24-14-18(8-12-23(24)35-26(33)4-2-3-25(31)32)6-10-21(29)15-20(28)9-5-17-7-11-22(30)19(13-17)16-27;22-12-6-8-15-18(10-12)27-17-4-2-1-3-14(17)19(15)13-7-5-11(20(23)24)9-16(13)21(25)26;1-15-3-4-16(2)6-8-18(12-14(21)22)10-9-17(7-5-15)11-13(19)20;2*2-1-3;/h8,10-11,14-15,17-20,22-25H,7,9,12-13,16,21H2,1-6H3,(H3-,45,46,47,48,49,50,51,52,53,54,55);5-14,27,30H,2-4,15-16H2,1H3,(H,31,32);1-10H,(H,23,24)(H,25,26);3-12H2,1-2H3,(H,19,20)(H,21,22);;;1H4/p-2/b;9-5-,10-6-;;;;;. The lowest BCUT2D eigenvalue weighted by Crippen LogP contribution is -2.46. The fraction of sp³-hybridized carbons (Fsp3) is 0.311. The summed E-state index contributed by atoms with van der Waals surface area (Å²) >= 11 is 0. The number of aliphatic carboxylic acids is 4. The number of para-hydroxylation sites is 1. The number of aryl methyl sites for hydroxylation is 1. The fourth-order valence-corrected chi connectivity index (χ4v) is 19.1. The average molecular weight is 2110 g/mol. The van der Waals surface area contributed by atoms with Gasteiger partial charge in [0.05, 0.1) is 64.5 Å². The largest absolute Gasteiger partial charge is 0.744 e. The quantitative estimate of drug-likeness (QED) is 0.00218. The summed E-state index contributed by atoms with van der Waals surface area (Å²) in [6.45, 7) is 18.2. The Morgan fingerprint density at radius 2 is 1.09 bits per heavy atom. The van der Waals surface area contributed by atoms with Gasteiger partial charge in [-0.05, 0) is 214 Å². The monoisotopic (exact) mass is 2110 g/mol. The molecule has 0 atom stereocenters. The zero-order valence-electron chi connectivity index (χ0n) is 82.0. The van der Waals surface area contributed by atoms with Gasteiger partial charge in [-0.25, -0.2) is 34.8 Å². The van der Waals surface area contributed by atoms with Crippen LogP contribution in [0, 0.1) is 6.92 Å². The molecule has 0 amide bonds. The minimum absolute atomic E-state index is 0. The zero-order chi connectivity index (χ0) is 110. The summed E-state index contributed by atoms with van der Waals surface area (Å²) in [6, 6.07) is 36.1. The lowest BCUT2D eigenvalue weighted by Gasteiger charge is -2.31. The van der Waals surface area contributed by atoms with Crippen LogP contribution in [0.15, 0.2) is 218 Å². The number of carboxylic acid groups (broad SMARTS) is 6. The number of carboxylic acids is 6. The normalized spacial score (nSPS) is 14.7. The van der Waals surface area contributed by atoms with E-state index in [1.54, 1.807) is 61.5 Å². The maximum Gasteiger partial charge on any atom is 0.373 e. The van der Waals surface area contributed by atoms with Crippen molar-refractivity contribution in [1.29, 1.82) is 0 Å². The number of ketones is 2. The predicted molar refractivity (Wildman–Crippen MR) is 543 cm³/mol. The molecular weight excluding hydrogens is 2000 g/mol. The molecule has 792 valence electrons. The summed E-state index contributed by atoms with van der Waals surface area (Å²) < 4.78 is 128. The van der Waals surface area contributed by atoms with Crippen LogP contribution in [0.2, 0.25) is 0 Å². The van der Waals surface area contributed by atoms with Crippen LogP contribution in [0.5, 0.6) is 17.2 Å². The van der Waals surface area contributed by atoms with Gasteiger partial charge in [0.1, 0.15) is 54.0 Å². The molecule has 0 spiro atoms. The number of aliphatic hydroxyl groups excluding tert-OH is 1. The van der Waals surface area contributed by atoms with Gasteiger partial charge in [-0.3, -0.25) is 48.2 Å². The predicted octanol–water partition coefficient (Wildman–Crippen LogP) is 12.2. The molecule has 13 rings (SSSR count). The van der Waals surface area contributed by atoms with E-state index in [0.29, 0.717) is 137 Å². The van der Waals surface area contributed by atoms with E-state index in [1.165, 1.54) is 92.1 Å². The summed E-state index contributed by atoms with van der Waals surface area (Å²) in [5, 5.41) is 75.7. The SMILES string of the molecule is C.CCN1C(=CC=CC=CC2=[N+](CCCCCC(=O)O)c3ccc4c(S(=O)(=O)[O-])cc(S(=O)(=O)[O-])cc4c3C2(C)C)C(C)(C)c2c1ccc1c(C)cc(S(=O)(=O)[O-])cc21.CN1CCN(C)CCN(CC(=O)O)CCN(CC(=O)O)CC1.COc1cc(/C=C\C(=O)CC(=O)/C=C\c2ccc(O)c(CO)c2)ccc1OC(=O)CCCC(=O)O.O=C(O)c1ccc(-c2c3ccc(=O)cc-3oc3ccccc23)c(C(=O)O)c1.O=C=O.O=C=O. The number of allylic oxidation sites excluding steroid dienone is 8. The Hall–Kier alpha value is -15.3. The van der Waals surface area contributed by atoms with Crippen molar-refractivity contribution in [3.63, 3.8) is 0 Å². The number of carbonyl (C=O) groups is 9. The van der Waals surface area contributed by atoms with Crippen LogP contribution in [0.1, 0.15) is 148 Å². The average Bonchev–Trinajstić information content (AvgIpc) is 1.56. The smallest absolute Gasteiger partial charge is 0.373 e. The molecule has 4 aliphatic heterocycles. The third kappa shape index (κ3) is 33.1. The minimum Gasteiger partial charge on any atom is -0.744 e. The Bertz CT molecular complexity index is 7320. The third-order valence-corrected chi connectivity index (χ3v) is 26.7. The molecule has 8 aromatic carbocycles. The first-order valence-electron chi connectivity index (χ1n) is 45.8. The van der Waals surface area contributed by atoms with Crippen molar-refractivity contribution in [3.8, 4) is 39.7 Å². The van der Waals surface area contributed by atoms with E-state index in [-0.39, 0.29) is 121 Å². The topological polar surface area (TPSA) is 623 Å². The van der Waals surface area contributed by atoms with E-state index in [4.69, 9.17) is 53.5 Å². The van der Waals surface area contributed by atoms with Crippen molar-refractivity contribution in [2.75, 3.05) is 105 Å². The first-order valence-corrected chi connectivity index (χ1v) is 50.0. The van der Waals surface area contributed by atoms with Crippen LogP contribution in [0.4, 0.5) is 11.4 Å². The van der Waals surface area contributed by atoms with Crippen molar-refractivity contribution >= 4 is 158 Å². The fourth-order valence-electron chi connectivity index (χ4n) is 17.2. The number of aliphatic hydroxyl groups is 1. The third-order valence-electron chi connectivity index (χ3n) is 24.2. The molecular formula is C106H114N6O34S3-2. The number of aromatic hydroxyl groups is 1. The van der Waals surface area contributed by atoms with E-state index in [2.05, 4.69) is 14.7 Å². The van der Waals surface area contributed by atoms with Gasteiger partial charge < -0.3 is 83.1 Å². The van der Waals surface area contributed by atoms with Crippen molar-refractivity contribution in [3.05, 3.63) is 249 Å². The Kier molecular flexibility index (Phi) is 44.0. The summed E-state index contributed by atoms with van der Waals surface area (Å²) in [5.74, 6) is -6.77. The first kappa shape index (κ1) is 121. The number of benzene rings is 9. The molecule has 8 aromatic rings. The highest BCUT2D eigenvalue weighted by molar-refractivity contribution is 7.86. The number of ether oxygens (including phenoxy) is 2. The first-order chi connectivity index (χ1) is 69.8. The van der Waals surface area contributed by atoms with Crippen LogP contribution < -0.4 is 19.8 Å². The number of carbonyl (C=O) groups excluding carboxylic acids is 7. The highest BCUT2D eigenvalue weighted by Gasteiger charge is 2.47. The maximum atomic E-state index is 12.4. The zero-order valence-corrected chi connectivity index (χ0v) is 84.5. The van der Waals surface area contributed by atoms with Crippen molar-refractivity contribution < 1.29 is 161 Å². The van der Waals surface area contributed by atoms with E-state index in [0.717, 1.165) is 66.4 Å². The van der Waals surface area contributed by atoms with Gasteiger partial charge in [0.15, 0.2) is 34.2 Å². The number of hydrogen-bond donors (Lipinski definition) is 8. The number of esters is 1. The van der Waals surface area contributed by atoms with Gasteiger partial charge in [-0.1, -0.05) is 94.1 Å². The molecule has 1 saturated heterocycles. The number of rotatable bonds is 33. The second-order valence-corrected chi connectivity index (χ2v) is 39.3. The summed E-state index contributed by atoms with van der Waals surface area (Å²) in [7, 11) is -9.58. The van der Waals surface area contributed by atoms with Crippen LogP contribution in [0.3, 0.4) is 0 Å². The van der Waals surface area contributed by atoms with Gasteiger partial charge in [-0.2, -0.15) is 23.8 Å². The lowest BCUT2D eigenvalue weighted by molar-refractivity contribution is -0.438. The number of likely N-dealkylation sites (N-methyl/N-ethyl adjacent to an activating group) is 3. The molecule has 4 heterocycles. The van der Waals surface area contributed by atoms with Crippen molar-refractivity contribution in [2.45, 2.75) is 132 Å². The molecule has 5 aliphatic rings. The lowest BCUT2D eigenvalue weighted by atomic mass is 9.79. The van der Waals surface area contributed by atoms with Gasteiger partial charge in [0.2, 0.25) is 5.69 Å². The van der Waals surface area contributed by atoms with E-state index >= 15 is 0 Å². The van der Waals surface area contributed by atoms with E-state index in [9.17, 15) is 107 Å². The molecule has 0 unspecified atom stereocenters. The van der Waals surface area contributed by atoms with Gasteiger partial charge >= 0.3 is 54.1 Å². The molecule has 1 fully saturated rings. The molecule has 1 aliphatic carbocycles. The Morgan fingerprint density at radius 1 is 0.537 bits per heavy atom. The number of aromatic carboxylic acids is 2.